The van der Waals surface area contributed by atoms with Gasteiger partial charge in [-0.15, -0.1) is 0 Å². The molecule has 2 aliphatic heterocycles. The van der Waals surface area contributed by atoms with Gasteiger partial charge in [-0.2, -0.15) is 0 Å². The van der Waals surface area contributed by atoms with Gasteiger partial charge in [0, 0.05) is 38.3 Å². The Hall–Kier alpha value is -2.09. The van der Waals surface area contributed by atoms with Crippen molar-refractivity contribution >= 4 is 27.5 Å². The number of nitrogens with zero attached hydrogens (tertiary/aromatic N) is 2. The molecule has 202 valence electrons. The highest BCUT2D eigenvalue weighted by Gasteiger charge is 2.34. The molecule has 3 rings (SSSR count). The van der Waals surface area contributed by atoms with Crippen LogP contribution in [0.5, 0.6) is 0 Å². The van der Waals surface area contributed by atoms with Crippen molar-refractivity contribution in [3.63, 3.8) is 0 Å². The number of sulfonamides is 1. The van der Waals surface area contributed by atoms with Crippen LogP contribution in [-0.2, 0) is 19.6 Å². The van der Waals surface area contributed by atoms with Gasteiger partial charge < -0.3 is 9.80 Å². The van der Waals surface area contributed by atoms with Crippen LogP contribution in [-0.4, -0.2) is 62.0 Å². The average molecular weight is 520 g/mol. The molecule has 0 bridgehead atoms. The summed E-state index contributed by atoms with van der Waals surface area (Å²) < 4.78 is 27.2. The van der Waals surface area contributed by atoms with Gasteiger partial charge in [-0.05, 0) is 60.6 Å². The minimum absolute atomic E-state index is 0.00358. The van der Waals surface area contributed by atoms with Gasteiger partial charge in [-0.1, -0.05) is 53.2 Å². The maximum atomic E-state index is 13.8. The molecular weight excluding hydrogens is 474 g/mol. The number of carbonyl (C=O) groups excluding carboxylic acids is 2. The normalized spacial score (nSPS) is 25.9. The van der Waals surface area contributed by atoms with Crippen molar-refractivity contribution in [1.29, 1.82) is 0 Å². The van der Waals surface area contributed by atoms with Gasteiger partial charge in [0.15, 0.2) is 0 Å². The Bertz CT molecular complexity index is 975. The molecular formula is C28H45N3O4S. The average Bonchev–Trinajstić information content (AvgIpc) is 2.80. The molecule has 5 unspecified atom stereocenters. The fourth-order valence-corrected chi connectivity index (χ4v) is 7.20. The second kappa shape index (κ2) is 12.4. The number of anilines is 1. The number of benzene rings is 1. The van der Waals surface area contributed by atoms with Gasteiger partial charge in [0.1, 0.15) is 0 Å². The van der Waals surface area contributed by atoms with E-state index in [2.05, 4.69) is 32.4 Å². The highest BCUT2D eigenvalue weighted by atomic mass is 32.2. The van der Waals surface area contributed by atoms with E-state index < -0.39 is 15.9 Å². The topological polar surface area (TPSA) is 86.8 Å². The molecule has 0 aromatic heterocycles. The second-order valence-corrected chi connectivity index (χ2v) is 13.4. The van der Waals surface area contributed by atoms with Gasteiger partial charge in [-0.25, -0.2) is 8.42 Å². The highest BCUT2D eigenvalue weighted by Crippen LogP contribution is 2.30. The van der Waals surface area contributed by atoms with Gasteiger partial charge in [0.2, 0.25) is 21.8 Å². The van der Waals surface area contributed by atoms with E-state index in [0.717, 1.165) is 37.9 Å². The second-order valence-electron chi connectivity index (χ2n) is 11.6. The molecule has 5 atom stereocenters. The Kier molecular flexibility index (Phi) is 9.84. The summed E-state index contributed by atoms with van der Waals surface area (Å²) in [6, 6.07) is 7.00. The van der Waals surface area contributed by atoms with Crippen molar-refractivity contribution < 1.29 is 18.0 Å². The van der Waals surface area contributed by atoms with Crippen molar-refractivity contribution in [2.24, 2.45) is 23.7 Å². The van der Waals surface area contributed by atoms with E-state index in [0.29, 0.717) is 48.9 Å². The molecule has 0 spiro atoms. The lowest BCUT2D eigenvalue weighted by atomic mass is 9.87. The first-order chi connectivity index (χ1) is 17.0. The number of piperidine rings is 2. The zero-order valence-electron chi connectivity index (χ0n) is 22.7. The predicted molar refractivity (Wildman–Crippen MR) is 145 cm³/mol. The Labute approximate surface area is 218 Å². The zero-order valence-corrected chi connectivity index (χ0v) is 23.5. The molecule has 1 aromatic carbocycles. The largest absolute Gasteiger partial charge is 0.342 e. The van der Waals surface area contributed by atoms with Gasteiger partial charge in [0.05, 0.1) is 11.7 Å². The fraction of sp³-hybridized carbons (Fsp3) is 0.714. The van der Waals surface area contributed by atoms with Crippen molar-refractivity contribution in [2.45, 2.75) is 72.6 Å². The number of hydrogen-bond donors (Lipinski definition) is 1. The maximum absolute atomic E-state index is 13.8. The van der Waals surface area contributed by atoms with Crippen LogP contribution in [0.1, 0.15) is 78.2 Å². The summed E-state index contributed by atoms with van der Waals surface area (Å²) in [5.74, 6) is 1.29. The molecule has 2 heterocycles. The van der Waals surface area contributed by atoms with E-state index in [1.807, 2.05) is 16.7 Å². The molecule has 1 aromatic rings. The molecule has 8 heteroatoms. The summed E-state index contributed by atoms with van der Waals surface area (Å²) in [5.41, 5.74) is 1.24. The number of carbonyl (C=O) groups is 2. The number of likely N-dealkylation sites (tertiary alicyclic amines) is 2. The number of unbranched alkanes of at least 4 members (excludes halogenated alkanes) is 1. The predicted octanol–water partition coefficient (Wildman–Crippen LogP) is 4.71. The van der Waals surface area contributed by atoms with Crippen LogP contribution in [0, 0.1) is 23.7 Å². The number of amides is 2. The van der Waals surface area contributed by atoms with E-state index in [4.69, 9.17) is 0 Å². The monoisotopic (exact) mass is 519 g/mol. The summed E-state index contributed by atoms with van der Waals surface area (Å²) in [6.45, 7) is 13.5. The zero-order chi connectivity index (χ0) is 26.5. The standard InChI is InChI=1S/C28H45N3O4S/c1-6-7-12-36(34,35)29-25-10-8-24(9-11-25)26(28(33)31-18-22(4)14-23(5)19-31)15-27(32)30-16-20(2)13-21(3)17-30/h8-11,20-23,26,29H,6-7,12-19H2,1-5H3. The minimum atomic E-state index is -3.41. The third kappa shape index (κ3) is 7.95. The van der Waals surface area contributed by atoms with E-state index >= 15 is 0 Å². The van der Waals surface area contributed by atoms with Crippen LogP contribution in [0.3, 0.4) is 0 Å². The number of nitrogens with one attached hydrogen (secondary N) is 1. The summed E-state index contributed by atoms with van der Waals surface area (Å²) in [5, 5.41) is 0. The summed E-state index contributed by atoms with van der Waals surface area (Å²) in [7, 11) is -3.41. The van der Waals surface area contributed by atoms with Crippen LogP contribution in [0.25, 0.3) is 0 Å². The van der Waals surface area contributed by atoms with Crippen molar-refractivity contribution in [2.75, 3.05) is 36.7 Å². The van der Waals surface area contributed by atoms with Crippen LogP contribution in [0.15, 0.2) is 24.3 Å². The van der Waals surface area contributed by atoms with Crippen LogP contribution in [0.4, 0.5) is 5.69 Å². The summed E-state index contributed by atoms with van der Waals surface area (Å²) >= 11 is 0. The highest BCUT2D eigenvalue weighted by molar-refractivity contribution is 7.92. The molecule has 0 radical (unpaired) electrons. The first-order valence-corrected chi connectivity index (χ1v) is 15.3. The lowest BCUT2D eigenvalue weighted by Crippen LogP contribution is -2.47. The van der Waals surface area contributed by atoms with Gasteiger partial charge >= 0.3 is 0 Å². The van der Waals surface area contributed by atoms with Gasteiger partial charge in [-0.3, -0.25) is 14.3 Å². The Morgan fingerprint density at radius 3 is 1.89 bits per heavy atom. The SMILES string of the molecule is CCCCS(=O)(=O)Nc1ccc(C(CC(=O)N2CC(C)CC(C)C2)C(=O)N2CC(C)CC(C)C2)cc1. The van der Waals surface area contributed by atoms with Crippen molar-refractivity contribution in [1.82, 2.24) is 9.80 Å². The molecule has 2 saturated heterocycles. The first-order valence-electron chi connectivity index (χ1n) is 13.6. The first kappa shape index (κ1) is 28.5. The fourth-order valence-electron chi connectivity index (χ4n) is 5.93. The lowest BCUT2D eigenvalue weighted by Gasteiger charge is -2.38. The van der Waals surface area contributed by atoms with E-state index in [1.165, 1.54) is 0 Å². The van der Waals surface area contributed by atoms with E-state index in [-0.39, 0.29) is 24.0 Å². The molecule has 0 saturated carbocycles. The maximum Gasteiger partial charge on any atom is 0.232 e. The summed E-state index contributed by atoms with van der Waals surface area (Å²) in [6.07, 6.45) is 3.76. The van der Waals surface area contributed by atoms with E-state index in [9.17, 15) is 18.0 Å². The molecule has 7 nitrogen and oxygen atoms in total. The van der Waals surface area contributed by atoms with Crippen LogP contribution in [0.2, 0.25) is 0 Å². The summed E-state index contributed by atoms with van der Waals surface area (Å²) in [4.78, 5) is 31.1. The Balaban J connectivity index is 1.81. The molecule has 2 amide bonds. The molecule has 1 N–H and O–H groups in total. The quantitative estimate of drug-likeness (QED) is 0.512. The molecule has 2 fully saturated rings. The number of rotatable bonds is 9. The molecule has 36 heavy (non-hydrogen) atoms. The van der Waals surface area contributed by atoms with Crippen molar-refractivity contribution in [3.05, 3.63) is 29.8 Å². The Morgan fingerprint density at radius 1 is 0.889 bits per heavy atom. The Morgan fingerprint density at radius 2 is 1.39 bits per heavy atom. The number of hydrogen-bond acceptors (Lipinski definition) is 4. The molecule has 2 aliphatic rings. The molecule has 0 aliphatic carbocycles. The third-order valence-electron chi connectivity index (χ3n) is 7.43. The van der Waals surface area contributed by atoms with Crippen LogP contribution < -0.4 is 4.72 Å². The van der Waals surface area contributed by atoms with Crippen LogP contribution >= 0.6 is 0 Å². The van der Waals surface area contributed by atoms with Crippen molar-refractivity contribution in [3.8, 4) is 0 Å². The third-order valence-corrected chi connectivity index (χ3v) is 8.80. The van der Waals surface area contributed by atoms with E-state index in [1.54, 1.807) is 24.3 Å². The minimum Gasteiger partial charge on any atom is -0.342 e. The smallest absolute Gasteiger partial charge is 0.232 e. The van der Waals surface area contributed by atoms with Gasteiger partial charge in [0.25, 0.3) is 0 Å². The lowest BCUT2D eigenvalue weighted by molar-refractivity contribution is -0.141.